The third-order valence-corrected chi connectivity index (χ3v) is 4.22. The molecule has 1 amide bonds. The Morgan fingerprint density at radius 3 is 2.69 bits per heavy atom. The van der Waals surface area contributed by atoms with Gasteiger partial charge in [0.2, 0.25) is 0 Å². The first-order valence-corrected chi connectivity index (χ1v) is 8.55. The number of ether oxygens (including phenoxy) is 2. The topological polar surface area (TPSA) is 60.5 Å². The Labute approximate surface area is 160 Å². The fraction of sp³-hybridized carbons (Fsp3) is 0.158. The van der Waals surface area contributed by atoms with E-state index >= 15 is 0 Å². The van der Waals surface area contributed by atoms with Crippen molar-refractivity contribution in [1.82, 2.24) is 4.98 Å². The van der Waals surface area contributed by atoms with Crippen LogP contribution in [0.4, 0.5) is 5.69 Å². The molecule has 7 heteroatoms. The van der Waals surface area contributed by atoms with E-state index in [-0.39, 0.29) is 12.5 Å². The highest BCUT2D eigenvalue weighted by atomic mass is 35.5. The number of nitrogens with zero attached hydrogens (tertiary/aromatic N) is 1. The van der Waals surface area contributed by atoms with E-state index in [0.717, 1.165) is 16.6 Å². The number of pyridine rings is 1. The van der Waals surface area contributed by atoms with Crippen molar-refractivity contribution in [3.63, 3.8) is 0 Å². The third kappa shape index (κ3) is 4.18. The number of hydrogen-bond donors (Lipinski definition) is 1. The molecule has 1 heterocycles. The molecule has 0 aliphatic carbocycles. The van der Waals surface area contributed by atoms with Crippen LogP contribution in [-0.2, 0) is 4.79 Å². The predicted octanol–water partition coefficient (Wildman–Crippen LogP) is 4.88. The highest BCUT2D eigenvalue weighted by Gasteiger charge is 2.11. The first-order valence-electron chi connectivity index (χ1n) is 7.79. The number of carbonyl (C=O) groups is 1. The fourth-order valence-corrected chi connectivity index (χ4v) is 2.92. The second-order valence-corrected chi connectivity index (χ2v) is 6.45. The smallest absolute Gasteiger partial charge is 0.262 e. The van der Waals surface area contributed by atoms with Gasteiger partial charge in [0, 0.05) is 22.2 Å². The molecule has 3 rings (SSSR count). The van der Waals surface area contributed by atoms with Gasteiger partial charge in [-0.05, 0) is 43.3 Å². The molecule has 0 aliphatic rings. The molecule has 0 spiro atoms. The van der Waals surface area contributed by atoms with Gasteiger partial charge in [0.25, 0.3) is 5.91 Å². The van der Waals surface area contributed by atoms with Crippen LogP contribution in [0, 0.1) is 6.92 Å². The summed E-state index contributed by atoms with van der Waals surface area (Å²) in [6, 6.07) is 12.1. The Balaban J connectivity index is 1.77. The first-order chi connectivity index (χ1) is 12.5. The van der Waals surface area contributed by atoms with E-state index in [1.807, 2.05) is 25.1 Å². The molecule has 5 nitrogen and oxygen atoms in total. The lowest BCUT2D eigenvalue weighted by molar-refractivity contribution is -0.118. The van der Waals surface area contributed by atoms with Crippen LogP contribution in [0.2, 0.25) is 10.0 Å². The summed E-state index contributed by atoms with van der Waals surface area (Å²) < 4.78 is 11.0. The standard InChI is InChI=1S/C19H16Cl2N2O3/c1-11-7-18(14-9-13(25-2)4-6-16(14)22-11)26-10-19(24)23-17-5-3-12(20)8-15(17)21/h3-9H,10H2,1-2H3,(H,23,24). The molecule has 26 heavy (non-hydrogen) atoms. The monoisotopic (exact) mass is 390 g/mol. The maximum absolute atomic E-state index is 12.2. The summed E-state index contributed by atoms with van der Waals surface area (Å²) in [5.41, 5.74) is 2.03. The molecule has 0 atom stereocenters. The molecule has 0 fully saturated rings. The van der Waals surface area contributed by atoms with Gasteiger partial charge in [-0.25, -0.2) is 0 Å². The van der Waals surface area contributed by atoms with Gasteiger partial charge < -0.3 is 14.8 Å². The van der Waals surface area contributed by atoms with E-state index in [2.05, 4.69) is 10.3 Å². The van der Waals surface area contributed by atoms with Crippen LogP contribution in [0.3, 0.4) is 0 Å². The van der Waals surface area contributed by atoms with Crippen molar-refractivity contribution in [3.8, 4) is 11.5 Å². The average molecular weight is 391 g/mol. The van der Waals surface area contributed by atoms with Crippen LogP contribution in [-0.4, -0.2) is 24.6 Å². The van der Waals surface area contributed by atoms with Crippen molar-refractivity contribution in [2.45, 2.75) is 6.92 Å². The van der Waals surface area contributed by atoms with E-state index in [1.54, 1.807) is 31.4 Å². The minimum atomic E-state index is -0.334. The highest BCUT2D eigenvalue weighted by Crippen LogP contribution is 2.29. The number of fused-ring (bicyclic) bond motifs is 1. The maximum atomic E-state index is 12.2. The van der Waals surface area contributed by atoms with Crippen molar-refractivity contribution >= 4 is 45.7 Å². The Morgan fingerprint density at radius 2 is 1.96 bits per heavy atom. The Hall–Kier alpha value is -2.50. The molecule has 0 bridgehead atoms. The van der Waals surface area contributed by atoms with Crippen molar-refractivity contribution < 1.29 is 14.3 Å². The van der Waals surface area contributed by atoms with Crippen LogP contribution < -0.4 is 14.8 Å². The number of aromatic nitrogens is 1. The SMILES string of the molecule is COc1ccc2nc(C)cc(OCC(=O)Nc3ccc(Cl)cc3Cl)c2c1. The second kappa shape index (κ2) is 7.81. The molecule has 0 unspecified atom stereocenters. The van der Waals surface area contributed by atoms with Gasteiger partial charge in [0.1, 0.15) is 11.5 Å². The Bertz CT molecular complexity index is 976. The molecular weight excluding hydrogens is 375 g/mol. The summed E-state index contributed by atoms with van der Waals surface area (Å²) in [6.07, 6.45) is 0. The highest BCUT2D eigenvalue weighted by molar-refractivity contribution is 6.36. The van der Waals surface area contributed by atoms with E-state index < -0.39 is 0 Å². The van der Waals surface area contributed by atoms with E-state index in [1.165, 1.54) is 0 Å². The minimum Gasteiger partial charge on any atom is -0.497 e. The van der Waals surface area contributed by atoms with E-state index in [9.17, 15) is 4.79 Å². The van der Waals surface area contributed by atoms with Gasteiger partial charge in [0.15, 0.2) is 6.61 Å². The summed E-state index contributed by atoms with van der Waals surface area (Å²) in [5, 5.41) is 4.33. The largest absolute Gasteiger partial charge is 0.497 e. The number of benzene rings is 2. The molecule has 0 aliphatic heterocycles. The van der Waals surface area contributed by atoms with Crippen molar-refractivity contribution in [1.29, 1.82) is 0 Å². The molecule has 1 N–H and O–H groups in total. The molecule has 3 aromatic rings. The second-order valence-electron chi connectivity index (χ2n) is 5.61. The van der Waals surface area contributed by atoms with Crippen LogP contribution in [0.5, 0.6) is 11.5 Å². The minimum absolute atomic E-state index is 0.172. The molecular formula is C19H16Cl2N2O3. The zero-order valence-corrected chi connectivity index (χ0v) is 15.7. The number of aryl methyl sites for hydroxylation is 1. The van der Waals surface area contributed by atoms with Crippen LogP contribution in [0.1, 0.15) is 5.69 Å². The summed E-state index contributed by atoms with van der Waals surface area (Å²) in [6.45, 7) is 1.69. The van der Waals surface area contributed by atoms with Gasteiger partial charge in [-0.3, -0.25) is 9.78 Å². The number of nitrogens with one attached hydrogen (secondary N) is 1. The van der Waals surface area contributed by atoms with Gasteiger partial charge >= 0.3 is 0 Å². The maximum Gasteiger partial charge on any atom is 0.262 e. The quantitative estimate of drug-likeness (QED) is 0.674. The predicted molar refractivity (Wildman–Crippen MR) is 104 cm³/mol. The number of amides is 1. The molecule has 2 aromatic carbocycles. The Kier molecular flexibility index (Phi) is 5.49. The third-order valence-electron chi connectivity index (χ3n) is 3.67. The Morgan fingerprint density at radius 1 is 1.15 bits per heavy atom. The molecule has 134 valence electrons. The van der Waals surface area contributed by atoms with Crippen molar-refractivity contribution in [2.75, 3.05) is 19.0 Å². The summed E-state index contributed by atoms with van der Waals surface area (Å²) in [4.78, 5) is 16.7. The number of rotatable bonds is 5. The molecule has 0 saturated heterocycles. The number of hydrogen-bond acceptors (Lipinski definition) is 4. The lowest BCUT2D eigenvalue weighted by atomic mass is 10.1. The van der Waals surface area contributed by atoms with Gasteiger partial charge in [-0.15, -0.1) is 0 Å². The van der Waals surface area contributed by atoms with Crippen LogP contribution in [0.25, 0.3) is 10.9 Å². The zero-order valence-electron chi connectivity index (χ0n) is 14.2. The van der Waals surface area contributed by atoms with Gasteiger partial charge in [-0.2, -0.15) is 0 Å². The summed E-state index contributed by atoms with van der Waals surface area (Å²) in [5.74, 6) is 0.911. The van der Waals surface area contributed by atoms with E-state index in [0.29, 0.717) is 27.2 Å². The van der Waals surface area contributed by atoms with E-state index in [4.69, 9.17) is 32.7 Å². The lowest BCUT2D eigenvalue weighted by Crippen LogP contribution is -2.20. The number of anilines is 1. The van der Waals surface area contributed by atoms with Gasteiger partial charge in [-0.1, -0.05) is 23.2 Å². The molecule has 1 aromatic heterocycles. The summed E-state index contributed by atoms with van der Waals surface area (Å²) >= 11 is 11.9. The number of halogens is 2. The first kappa shape index (κ1) is 18.3. The molecule has 0 saturated carbocycles. The molecule has 0 radical (unpaired) electrons. The van der Waals surface area contributed by atoms with Crippen LogP contribution >= 0.6 is 23.2 Å². The lowest BCUT2D eigenvalue weighted by Gasteiger charge is -2.12. The van der Waals surface area contributed by atoms with Crippen molar-refractivity contribution in [3.05, 3.63) is 58.2 Å². The van der Waals surface area contributed by atoms with Crippen LogP contribution in [0.15, 0.2) is 42.5 Å². The van der Waals surface area contributed by atoms with Crippen molar-refractivity contribution in [2.24, 2.45) is 0 Å². The summed E-state index contributed by atoms with van der Waals surface area (Å²) in [7, 11) is 1.59. The number of methoxy groups -OCH3 is 1. The van der Waals surface area contributed by atoms with Gasteiger partial charge in [0.05, 0.1) is 23.3 Å². The zero-order chi connectivity index (χ0) is 18.7. The normalized spacial score (nSPS) is 10.6. The fourth-order valence-electron chi connectivity index (χ4n) is 2.47. The number of carbonyl (C=O) groups excluding carboxylic acids is 1. The average Bonchev–Trinajstić information content (AvgIpc) is 2.61.